The number of esters is 1. The molecule has 0 aromatic carbocycles. The fourth-order valence-electron chi connectivity index (χ4n) is 1.56. The molecule has 1 N–H and O–H groups in total. The van der Waals surface area contributed by atoms with Gasteiger partial charge in [-0.25, -0.2) is 4.79 Å². The second kappa shape index (κ2) is 6.66. The van der Waals surface area contributed by atoms with Crippen LogP contribution < -0.4 is 5.32 Å². The van der Waals surface area contributed by atoms with Crippen molar-refractivity contribution < 1.29 is 9.53 Å². The molecule has 0 bridgehead atoms. The summed E-state index contributed by atoms with van der Waals surface area (Å²) in [5.74, 6) is -0.188. The summed E-state index contributed by atoms with van der Waals surface area (Å²) < 4.78 is 4.96. The molecule has 0 saturated heterocycles. The van der Waals surface area contributed by atoms with Crippen molar-refractivity contribution >= 4 is 17.3 Å². The number of ether oxygens (including phenoxy) is 1. The standard InChI is InChI=1S/C10H13NO2S.C2H6/c1-2-13-10(12)9-5-7-6-11-4-3-8(7)14-9;1-2/h5,11H,2-4,6H2,1H3;1-2H3. The van der Waals surface area contributed by atoms with E-state index in [0.717, 1.165) is 24.4 Å². The zero-order chi connectivity index (χ0) is 12.0. The Morgan fingerprint density at radius 1 is 1.56 bits per heavy atom. The average Bonchev–Trinajstić information content (AvgIpc) is 2.75. The van der Waals surface area contributed by atoms with E-state index in [1.54, 1.807) is 11.3 Å². The maximum Gasteiger partial charge on any atom is 0.348 e. The first kappa shape index (κ1) is 13.2. The van der Waals surface area contributed by atoms with Gasteiger partial charge in [0.05, 0.1) is 6.61 Å². The molecule has 1 aromatic heterocycles. The molecule has 1 aromatic rings. The van der Waals surface area contributed by atoms with Crippen molar-refractivity contribution in [2.75, 3.05) is 13.2 Å². The Bertz CT molecular complexity index is 323. The van der Waals surface area contributed by atoms with Gasteiger partial charge in [-0.15, -0.1) is 11.3 Å². The van der Waals surface area contributed by atoms with E-state index >= 15 is 0 Å². The molecule has 0 fully saturated rings. The smallest absolute Gasteiger partial charge is 0.348 e. The van der Waals surface area contributed by atoms with Crippen LogP contribution in [0.4, 0.5) is 0 Å². The maximum absolute atomic E-state index is 11.4. The van der Waals surface area contributed by atoms with Gasteiger partial charge >= 0.3 is 5.97 Å². The summed E-state index contributed by atoms with van der Waals surface area (Å²) in [6, 6.07) is 1.95. The lowest BCUT2D eigenvalue weighted by atomic mass is 10.1. The van der Waals surface area contributed by atoms with Gasteiger partial charge in [0.15, 0.2) is 0 Å². The minimum absolute atomic E-state index is 0.188. The van der Waals surface area contributed by atoms with Gasteiger partial charge in [0.2, 0.25) is 0 Å². The number of carbonyl (C=O) groups excluding carboxylic acids is 1. The highest BCUT2D eigenvalue weighted by molar-refractivity contribution is 7.14. The Balaban J connectivity index is 0.000000606. The molecule has 0 unspecified atom stereocenters. The Morgan fingerprint density at radius 3 is 2.94 bits per heavy atom. The van der Waals surface area contributed by atoms with Gasteiger partial charge in [0, 0.05) is 18.0 Å². The van der Waals surface area contributed by atoms with Gasteiger partial charge in [-0.3, -0.25) is 0 Å². The minimum atomic E-state index is -0.188. The van der Waals surface area contributed by atoms with Crippen molar-refractivity contribution in [1.29, 1.82) is 0 Å². The highest BCUT2D eigenvalue weighted by Gasteiger charge is 2.17. The molecule has 2 heterocycles. The van der Waals surface area contributed by atoms with Crippen molar-refractivity contribution in [2.24, 2.45) is 0 Å². The molecule has 0 saturated carbocycles. The van der Waals surface area contributed by atoms with Crippen molar-refractivity contribution in [3.63, 3.8) is 0 Å². The number of carbonyl (C=O) groups is 1. The van der Waals surface area contributed by atoms with E-state index < -0.39 is 0 Å². The van der Waals surface area contributed by atoms with E-state index in [1.165, 1.54) is 10.4 Å². The predicted octanol–water partition coefficient (Wildman–Crippen LogP) is 2.60. The van der Waals surface area contributed by atoms with Crippen LogP contribution in [-0.2, 0) is 17.7 Å². The summed E-state index contributed by atoms with van der Waals surface area (Å²) in [6.07, 6.45) is 1.03. The van der Waals surface area contributed by atoms with Crippen molar-refractivity contribution in [3.05, 3.63) is 21.4 Å². The van der Waals surface area contributed by atoms with Gasteiger partial charge in [0.25, 0.3) is 0 Å². The lowest BCUT2D eigenvalue weighted by molar-refractivity contribution is 0.0532. The Morgan fingerprint density at radius 2 is 2.31 bits per heavy atom. The number of nitrogens with one attached hydrogen (secondary N) is 1. The largest absolute Gasteiger partial charge is 0.462 e. The molecule has 0 amide bonds. The van der Waals surface area contributed by atoms with Crippen molar-refractivity contribution in [2.45, 2.75) is 33.7 Å². The fourth-order valence-corrected chi connectivity index (χ4v) is 2.63. The zero-order valence-electron chi connectivity index (χ0n) is 10.1. The van der Waals surface area contributed by atoms with Crippen LogP contribution in [-0.4, -0.2) is 19.1 Å². The van der Waals surface area contributed by atoms with Crippen LogP contribution in [0.1, 0.15) is 40.9 Å². The summed E-state index contributed by atoms with van der Waals surface area (Å²) in [4.78, 5) is 13.5. The summed E-state index contributed by atoms with van der Waals surface area (Å²) >= 11 is 1.57. The molecular weight excluding hydrogens is 222 g/mol. The number of thiophene rings is 1. The SMILES string of the molecule is CC.CCOC(=O)c1cc2c(s1)CCNC2. The molecule has 0 radical (unpaired) electrons. The molecule has 16 heavy (non-hydrogen) atoms. The monoisotopic (exact) mass is 241 g/mol. The van der Waals surface area contributed by atoms with Gasteiger partial charge in [-0.1, -0.05) is 13.8 Å². The molecule has 3 nitrogen and oxygen atoms in total. The first-order valence-corrected chi connectivity index (χ1v) is 6.62. The highest BCUT2D eigenvalue weighted by atomic mass is 32.1. The number of hydrogen-bond acceptors (Lipinski definition) is 4. The van der Waals surface area contributed by atoms with E-state index in [0.29, 0.717) is 6.61 Å². The molecule has 2 rings (SSSR count). The minimum Gasteiger partial charge on any atom is -0.462 e. The normalized spacial score (nSPS) is 13.4. The van der Waals surface area contributed by atoms with E-state index in [2.05, 4.69) is 5.32 Å². The Labute approximate surface area is 101 Å². The number of hydrogen-bond donors (Lipinski definition) is 1. The van der Waals surface area contributed by atoms with E-state index in [4.69, 9.17) is 4.74 Å². The van der Waals surface area contributed by atoms with Gasteiger partial charge < -0.3 is 10.1 Å². The van der Waals surface area contributed by atoms with Gasteiger partial charge in [0.1, 0.15) is 4.88 Å². The third kappa shape index (κ3) is 3.06. The number of rotatable bonds is 2. The third-order valence-electron chi connectivity index (χ3n) is 2.22. The predicted molar refractivity (Wildman–Crippen MR) is 67.0 cm³/mol. The van der Waals surface area contributed by atoms with Gasteiger partial charge in [-0.2, -0.15) is 0 Å². The fraction of sp³-hybridized carbons (Fsp3) is 0.583. The molecule has 4 heteroatoms. The lowest BCUT2D eigenvalue weighted by Gasteiger charge is -2.10. The van der Waals surface area contributed by atoms with Crippen LogP contribution >= 0.6 is 11.3 Å². The topological polar surface area (TPSA) is 38.3 Å². The Kier molecular flexibility index (Phi) is 5.49. The van der Waals surface area contributed by atoms with Crippen molar-refractivity contribution in [3.8, 4) is 0 Å². The molecule has 0 atom stereocenters. The Hall–Kier alpha value is -0.870. The molecule has 1 aliphatic heterocycles. The summed E-state index contributed by atoms with van der Waals surface area (Å²) in [5.41, 5.74) is 1.25. The number of fused-ring (bicyclic) bond motifs is 1. The second-order valence-electron chi connectivity index (χ2n) is 3.21. The van der Waals surface area contributed by atoms with Crippen LogP contribution in [0.3, 0.4) is 0 Å². The lowest BCUT2D eigenvalue weighted by Crippen LogP contribution is -2.21. The van der Waals surface area contributed by atoms with Crippen LogP contribution in [0.25, 0.3) is 0 Å². The first-order valence-electron chi connectivity index (χ1n) is 5.80. The molecule has 0 spiro atoms. The average molecular weight is 241 g/mol. The summed E-state index contributed by atoms with van der Waals surface area (Å²) in [5, 5.41) is 3.28. The molecule has 1 aliphatic rings. The third-order valence-corrected chi connectivity index (χ3v) is 3.43. The van der Waals surface area contributed by atoms with Crippen LogP contribution in [0, 0.1) is 0 Å². The highest BCUT2D eigenvalue weighted by Crippen LogP contribution is 2.25. The summed E-state index contributed by atoms with van der Waals surface area (Å²) in [7, 11) is 0. The van der Waals surface area contributed by atoms with E-state index in [9.17, 15) is 4.79 Å². The van der Waals surface area contributed by atoms with Crippen LogP contribution in [0.5, 0.6) is 0 Å². The maximum atomic E-state index is 11.4. The zero-order valence-corrected chi connectivity index (χ0v) is 10.9. The molecule has 90 valence electrons. The van der Waals surface area contributed by atoms with E-state index in [1.807, 2.05) is 26.8 Å². The quantitative estimate of drug-likeness (QED) is 0.809. The second-order valence-corrected chi connectivity index (χ2v) is 4.34. The molecule has 0 aliphatic carbocycles. The van der Waals surface area contributed by atoms with Crippen LogP contribution in [0.15, 0.2) is 6.07 Å². The van der Waals surface area contributed by atoms with Gasteiger partial charge in [-0.05, 0) is 25.0 Å². The summed E-state index contributed by atoms with van der Waals surface area (Å²) in [6.45, 7) is 8.16. The van der Waals surface area contributed by atoms with E-state index in [-0.39, 0.29) is 5.97 Å². The molecular formula is C12H19NO2S. The first-order chi connectivity index (χ1) is 7.81. The van der Waals surface area contributed by atoms with Crippen molar-refractivity contribution in [1.82, 2.24) is 5.32 Å². The van der Waals surface area contributed by atoms with Crippen LogP contribution in [0.2, 0.25) is 0 Å².